The van der Waals surface area contributed by atoms with Crippen LogP contribution in [-0.2, 0) is 6.61 Å². The van der Waals surface area contributed by atoms with E-state index in [9.17, 15) is 0 Å². The van der Waals surface area contributed by atoms with Crippen molar-refractivity contribution in [2.45, 2.75) is 13.5 Å². The minimum Gasteiger partial charge on any atom is -0.487 e. The van der Waals surface area contributed by atoms with Crippen molar-refractivity contribution in [2.75, 3.05) is 5.73 Å². The monoisotopic (exact) mass is 215 g/mol. The molecule has 0 unspecified atom stereocenters. The van der Waals surface area contributed by atoms with Crippen LogP contribution >= 0.6 is 0 Å². The van der Waals surface area contributed by atoms with E-state index >= 15 is 0 Å². The molecule has 82 valence electrons. The maximum Gasteiger partial charge on any atom is 0.132 e. The van der Waals surface area contributed by atoms with Gasteiger partial charge in [0.2, 0.25) is 0 Å². The molecule has 1 aromatic heterocycles. The molecule has 2 N–H and O–H groups in total. The highest BCUT2D eigenvalue weighted by atomic mass is 16.5. The van der Waals surface area contributed by atoms with Crippen molar-refractivity contribution in [2.24, 2.45) is 0 Å². The molecule has 0 radical (unpaired) electrons. The Labute approximate surface area is 94.1 Å². The predicted molar refractivity (Wildman–Crippen MR) is 62.0 cm³/mol. The maximum absolute atomic E-state index is 5.57. The van der Waals surface area contributed by atoms with Crippen molar-refractivity contribution < 1.29 is 4.74 Å². The summed E-state index contributed by atoms with van der Waals surface area (Å²) in [4.78, 5) is 8.34. The van der Waals surface area contributed by atoms with Crippen LogP contribution in [0.4, 0.5) is 5.69 Å². The first-order chi connectivity index (χ1) is 7.74. The molecule has 0 saturated heterocycles. The Morgan fingerprint density at radius 3 is 2.50 bits per heavy atom. The molecule has 0 amide bonds. The van der Waals surface area contributed by atoms with E-state index in [1.54, 1.807) is 24.5 Å². The summed E-state index contributed by atoms with van der Waals surface area (Å²) in [5, 5.41) is 0. The van der Waals surface area contributed by atoms with E-state index in [1.807, 2.05) is 19.1 Å². The third-order valence-corrected chi connectivity index (χ3v) is 2.10. The number of aromatic nitrogens is 2. The number of rotatable bonds is 3. The summed E-state index contributed by atoms with van der Waals surface area (Å²) in [6, 6.07) is 7.26. The highest BCUT2D eigenvalue weighted by molar-refractivity contribution is 5.41. The number of anilines is 1. The van der Waals surface area contributed by atoms with Crippen LogP contribution in [0.1, 0.15) is 11.4 Å². The third-order valence-electron chi connectivity index (χ3n) is 2.10. The van der Waals surface area contributed by atoms with Gasteiger partial charge in [0, 0.05) is 11.9 Å². The van der Waals surface area contributed by atoms with Gasteiger partial charge in [0.15, 0.2) is 0 Å². The second kappa shape index (κ2) is 4.61. The van der Waals surface area contributed by atoms with E-state index in [0.29, 0.717) is 6.61 Å². The summed E-state index contributed by atoms with van der Waals surface area (Å²) in [5.41, 5.74) is 8.00. The summed E-state index contributed by atoms with van der Waals surface area (Å²) < 4.78 is 5.53. The molecule has 0 spiro atoms. The van der Waals surface area contributed by atoms with Crippen LogP contribution in [0.3, 0.4) is 0 Å². The van der Waals surface area contributed by atoms with Crippen LogP contribution < -0.4 is 10.5 Å². The molecule has 0 atom stereocenters. The Hall–Kier alpha value is -2.10. The lowest BCUT2D eigenvalue weighted by Crippen LogP contribution is -1.99. The molecule has 0 bridgehead atoms. The van der Waals surface area contributed by atoms with Crippen LogP contribution in [-0.4, -0.2) is 9.97 Å². The predicted octanol–water partition coefficient (Wildman–Crippen LogP) is 1.95. The van der Waals surface area contributed by atoms with E-state index in [4.69, 9.17) is 10.5 Å². The van der Waals surface area contributed by atoms with Gasteiger partial charge in [-0.05, 0) is 31.2 Å². The van der Waals surface area contributed by atoms with Crippen LogP contribution in [0.5, 0.6) is 5.75 Å². The van der Waals surface area contributed by atoms with E-state index in [0.717, 1.165) is 22.8 Å². The van der Waals surface area contributed by atoms with Crippen molar-refractivity contribution in [1.82, 2.24) is 9.97 Å². The van der Waals surface area contributed by atoms with Gasteiger partial charge < -0.3 is 10.5 Å². The number of nitrogens with zero attached hydrogens (tertiary/aromatic N) is 2. The van der Waals surface area contributed by atoms with Crippen molar-refractivity contribution in [1.29, 1.82) is 0 Å². The van der Waals surface area contributed by atoms with Gasteiger partial charge in [0.25, 0.3) is 0 Å². The molecular formula is C12H13N3O. The highest BCUT2D eigenvalue weighted by Gasteiger charge is 1.97. The molecule has 2 aromatic rings. The number of benzene rings is 1. The fourth-order valence-electron chi connectivity index (χ4n) is 1.22. The average Bonchev–Trinajstić information content (AvgIpc) is 2.30. The highest BCUT2D eigenvalue weighted by Crippen LogP contribution is 2.14. The van der Waals surface area contributed by atoms with Gasteiger partial charge in [-0.2, -0.15) is 0 Å². The van der Waals surface area contributed by atoms with Crippen molar-refractivity contribution >= 4 is 5.69 Å². The van der Waals surface area contributed by atoms with Gasteiger partial charge in [0.05, 0.1) is 17.6 Å². The Balaban J connectivity index is 1.97. The zero-order chi connectivity index (χ0) is 11.4. The first-order valence-corrected chi connectivity index (χ1v) is 5.00. The Kier molecular flexibility index (Phi) is 3.00. The molecule has 4 nitrogen and oxygen atoms in total. The van der Waals surface area contributed by atoms with E-state index in [-0.39, 0.29) is 0 Å². The van der Waals surface area contributed by atoms with Gasteiger partial charge in [-0.3, -0.25) is 9.97 Å². The van der Waals surface area contributed by atoms with Crippen LogP contribution in [0.25, 0.3) is 0 Å². The van der Waals surface area contributed by atoms with Gasteiger partial charge in [-0.1, -0.05) is 0 Å². The number of hydrogen-bond donors (Lipinski definition) is 1. The number of aryl methyl sites for hydroxylation is 1. The standard InChI is InChI=1S/C12H13N3O/c1-9-6-15-11(7-14-9)8-16-12-4-2-10(13)3-5-12/h2-7H,8,13H2,1H3. The zero-order valence-electron chi connectivity index (χ0n) is 9.05. The quantitative estimate of drug-likeness (QED) is 0.795. The number of nitrogens with two attached hydrogens (primary N) is 1. The van der Waals surface area contributed by atoms with E-state index in [1.165, 1.54) is 0 Å². The fourth-order valence-corrected chi connectivity index (χ4v) is 1.22. The molecule has 0 aliphatic rings. The van der Waals surface area contributed by atoms with Crippen LogP contribution in [0.15, 0.2) is 36.7 Å². The summed E-state index contributed by atoms with van der Waals surface area (Å²) in [5.74, 6) is 0.775. The molecule has 0 aliphatic heterocycles. The molecule has 1 aromatic carbocycles. The SMILES string of the molecule is Cc1cnc(COc2ccc(N)cc2)cn1. The number of hydrogen-bond acceptors (Lipinski definition) is 4. The van der Waals surface area contributed by atoms with Gasteiger partial charge in [0.1, 0.15) is 12.4 Å². The fraction of sp³-hybridized carbons (Fsp3) is 0.167. The smallest absolute Gasteiger partial charge is 0.132 e. The van der Waals surface area contributed by atoms with Gasteiger partial charge in [-0.15, -0.1) is 0 Å². The van der Waals surface area contributed by atoms with Crippen molar-refractivity contribution in [3.05, 3.63) is 48.0 Å². The van der Waals surface area contributed by atoms with Crippen LogP contribution in [0.2, 0.25) is 0 Å². The first-order valence-electron chi connectivity index (χ1n) is 5.00. The maximum atomic E-state index is 5.57. The molecule has 1 heterocycles. The lowest BCUT2D eigenvalue weighted by atomic mass is 10.3. The Bertz CT molecular complexity index is 405. The lowest BCUT2D eigenvalue weighted by Gasteiger charge is -2.05. The second-order valence-corrected chi connectivity index (χ2v) is 3.51. The first kappa shape index (κ1) is 10.4. The third kappa shape index (κ3) is 2.70. The van der Waals surface area contributed by atoms with Gasteiger partial charge >= 0.3 is 0 Å². The zero-order valence-corrected chi connectivity index (χ0v) is 9.05. The molecular weight excluding hydrogens is 202 g/mol. The number of ether oxygens (including phenoxy) is 1. The molecule has 2 rings (SSSR count). The molecule has 0 fully saturated rings. The van der Waals surface area contributed by atoms with Crippen LogP contribution in [0, 0.1) is 6.92 Å². The summed E-state index contributed by atoms with van der Waals surface area (Å²) in [7, 11) is 0. The largest absolute Gasteiger partial charge is 0.487 e. The lowest BCUT2D eigenvalue weighted by molar-refractivity contribution is 0.300. The normalized spacial score (nSPS) is 10.1. The van der Waals surface area contributed by atoms with Crippen molar-refractivity contribution in [3.8, 4) is 5.75 Å². The van der Waals surface area contributed by atoms with Crippen molar-refractivity contribution in [3.63, 3.8) is 0 Å². The summed E-state index contributed by atoms with van der Waals surface area (Å²) >= 11 is 0. The second-order valence-electron chi connectivity index (χ2n) is 3.51. The Morgan fingerprint density at radius 1 is 1.12 bits per heavy atom. The molecule has 16 heavy (non-hydrogen) atoms. The minimum absolute atomic E-state index is 0.414. The topological polar surface area (TPSA) is 61.0 Å². The summed E-state index contributed by atoms with van der Waals surface area (Å²) in [6.45, 7) is 2.31. The van der Waals surface area contributed by atoms with E-state index < -0.39 is 0 Å². The molecule has 4 heteroatoms. The van der Waals surface area contributed by atoms with Gasteiger partial charge in [-0.25, -0.2) is 0 Å². The van der Waals surface area contributed by atoms with E-state index in [2.05, 4.69) is 9.97 Å². The minimum atomic E-state index is 0.414. The average molecular weight is 215 g/mol. The Morgan fingerprint density at radius 2 is 1.88 bits per heavy atom. The molecule has 0 aliphatic carbocycles. The summed E-state index contributed by atoms with van der Waals surface area (Å²) in [6.07, 6.45) is 3.44. The number of nitrogen functional groups attached to an aromatic ring is 1. The molecule has 0 saturated carbocycles.